The molecule has 1 N–H and O–H groups in total. The summed E-state index contributed by atoms with van der Waals surface area (Å²) < 4.78 is 18.7. The largest absolute Gasteiger partial charge is 0.496 e. The van der Waals surface area contributed by atoms with Gasteiger partial charge in [0.2, 0.25) is 0 Å². The van der Waals surface area contributed by atoms with Crippen LogP contribution in [0.5, 0.6) is 5.75 Å². The Morgan fingerprint density at radius 1 is 1.05 bits per heavy atom. The molecule has 0 saturated carbocycles. The lowest BCUT2D eigenvalue weighted by atomic mass is 10.0. The maximum absolute atomic E-state index is 13.3. The van der Waals surface area contributed by atoms with E-state index in [1.54, 1.807) is 19.2 Å². The summed E-state index contributed by atoms with van der Waals surface area (Å²) in [5.41, 5.74) is 3.24. The van der Waals surface area contributed by atoms with Crippen LogP contribution >= 0.6 is 0 Å². The number of halogens is 1. The Kier molecular flexibility index (Phi) is 4.97. The van der Waals surface area contributed by atoms with E-state index in [1.807, 2.05) is 25.1 Å². The molecule has 0 aliphatic heterocycles. The van der Waals surface area contributed by atoms with Crippen LogP contribution in [-0.2, 0) is 0 Å². The van der Waals surface area contributed by atoms with Gasteiger partial charge in [0.25, 0.3) is 0 Å². The van der Waals surface area contributed by atoms with E-state index in [4.69, 9.17) is 4.74 Å². The van der Waals surface area contributed by atoms with E-state index in [0.717, 1.165) is 16.9 Å². The zero-order valence-corrected chi connectivity index (χ0v) is 13.0. The Morgan fingerprint density at radius 2 is 1.81 bits per heavy atom. The van der Waals surface area contributed by atoms with Gasteiger partial charge in [0.05, 0.1) is 7.11 Å². The van der Waals surface area contributed by atoms with Gasteiger partial charge in [-0.25, -0.2) is 4.39 Å². The number of aryl methyl sites for hydroxylation is 1. The summed E-state index contributed by atoms with van der Waals surface area (Å²) in [6.45, 7) is 6.19. The van der Waals surface area contributed by atoms with Gasteiger partial charge < -0.3 is 10.1 Å². The fourth-order valence-electron chi connectivity index (χ4n) is 2.53. The summed E-state index contributed by atoms with van der Waals surface area (Å²) in [7, 11) is 1.68. The third-order valence-corrected chi connectivity index (χ3v) is 3.70. The second-order valence-electron chi connectivity index (χ2n) is 5.41. The topological polar surface area (TPSA) is 21.3 Å². The highest BCUT2D eigenvalue weighted by Crippen LogP contribution is 2.28. The highest BCUT2D eigenvalue weighted by molar-refractivity contribution is 5.39. The maximum atomic E-state index is 13.3. The molecule has 0 amide bonds. The summed E-state index contributed by atoms with van der Waals surface area (Å²) in [6, 6.07) is 13.0. The second-order valence-corrected chi connectivity index (χ2v) is 5.41. The number of ether oxygens (including phenoxy) is 1. The highest BCUT2D eigenvalue weighted by atomic mass is 19.1. The van der Waals surface area contributed by atoms with Gasteiger partial charge in [0, 0.05) is 17.6 Å². The van der Waals surface area contributed by atoms with E-state index in [9.17, 15) is 4.39 Å². The Hall–Kier alpha value is -1.87. The van der Waals surface area contributed by atoms with Crippen molar-refractivity contribution in [2.24, 2.45) is 0 Å². The summed E-state index contributed by atoms with van der Waals surface area (Å²) in [6.07, 6.45) is 0. The standard InChI is InChI=1S/C18H22FNO/c1-12-8-9-18(21-4)17(10-12)14(3)20-13(2)15-6-5-7-16(19)11-15/h5-11,13-14,20H,1-4H3/t13-,14?/m1/s1. The van der Waals surface area contributed by atoms with Crippen LogP contribution in [-0.4, -0.2) is 7.11 Å². The normalized spacial score (nSPS) is 13.8. The van der Waals surface area contributed by atoms with E-state index in [1.165, 1.54) is 11.6 Å². The zero-order chi connectivity index (χ0) is 15.4. The Morgan fingerprint density at radius 3 is 2.48 bits per heavy atom. The molecule has 2 aromatic carbocycles. The third kappa shape index (κ3) is 3.82. The lowest BCUT2D eigenvalue weighted by molar-refractivity contribution is 0.396. The van der Waals surface area contributed by atoms with Gasteiger partial charge in [0.15, 0.2) is 0 Å². The molecule has 0 saturated heterocycles. The summed E-state index contributed by atoms with van der Waals surface area (Å²) in [5.74, 6) is 0.661. The molecular formula is C18H22FNO. The molecular weight excluding hydrogens is 265 g/mol. The van der Waals surface area contributed by atoms with E-state index in [2.05, 4.69) is 25.2 Å². The average molecular weight is 287 g/mol. The van der Waals surface area contributed by atoms with Crippen molar-refractivity contribution >= 4 is 0 Å². The Balaban J connectivity index is 2.17. The predicted octanol–water partition coefficient (Wildman–Crippen LogP) is 4.55. The van der Waals surface area contributed by atoms with E-state index in [-0.39, 0.29) is 17.9 Å². The SMILES string of the molecule is COc1ccc(C)cc1C(C)N[C@H](C)c1cccc(F)c1. The van der Waals surface area contributed by atoms with Crippen LogP contribution < -0.4 is 10.1 Å². The first-order valence-electron chi connectivity index (χ1n) is 7.17. The molecule has 0 aliphatic carbocycles. The number of benzene rings is 2. The molecule has 2 rings (SSSR count). The van der Waals surface area contributed by atoms with Crippen LogP contribution in [0, 0.1) is 12.7 Å². The minimum Gasteiger partial charge on any atom is -0.496 e. The number of methoxy groups -OCH3 is 1. The van der Waals surface area contributed by atoms with E-state index >= 15 is 0 Å². The molecule has 1 unspecified atom stereocenters. The smallest absolute Gasteiger partial charge is 0.123 e. The van der Waals surface area contributed by atoms with Gasteiger partial charge in [-0.2, -0.15) is 0 Å². The summed E-state index contributed by atoms with van der Waals surface area (Å²) >= 11 is 0. The molecule has 0 aliphatic rings. The number of rotatable bonds is 5. The van der Waals surface area contributed by atoms with Crippen LogP contribution in [0.3, 0.4) is 0 Å². The van der Waals surface area contributed by atoms with Crippen molar-refractivity contribution in [2.45, 2.75) is 32.9 Å². The molecule has 0 fully saturated rings. The van der Waals surface area contributed by atoms with Crippen LogP contribution in [0.15, 0.2) is 42.5 Å². The second kappa shape index (κ2) is 6.72. The lowest BCUT2D eigenvalue weighted by Crippen LogP contribution is -2.23. The van der Waals surface area contributed by atoms with Crippen molar-refractivity contribution in [3.05, 3.63) is 65.0 Å². The highest BCUT2D eigenvalue weighted by Gasteiger charge is 2.15. The fraction of sp³-hybridized carbons (Fsp3) is 0.333. The van der Waals surface area contributed by atoms with Gasteiger partial charge in [0.1, 0.15) is 11.6 Å². The maximum Gasteiger partial charge on any atom is 0.123 e. The van der Waals surface area contributed by atoms with Crippen molar-refractivity contribution in [1.82, 2.24) is 5.32 Å². The van der Waals surface area contributed by atoms with Crippen molar-refractivity contribution in [3.8, 4) is 5.75 Å². The van der Waals surface area contributed by atoms with Crippen molar-refractivity contribution in [1.29, 1.82) is 0 Å². The molecule has 112 valence electrons. The molecule has 2 nitrogen and oxygen atoms in total. The van der Waals surface area contributed by atoms with Gasteiger partial charge in [-0.05, 0) is 44.5 Å². The molecule has 2 atom stereocenters. The quantitative estimate of drug-likeness (QED) is 0.870. The van der Waals surface area contributed by atoms with Gasteiger partial charge >= 0.3 is 0 Å². The molecule has 0 bridgehead atoms. The molecule has 3 heteroatoms. The fourth-order valence-corrected chi connectivity index (χ4v) is 2.53. The van der Waals surface area contributed by atoms with E-state index < -0.39 is 0 Å². The first-order chi connectivity index (χ1) is 10.0. The monoisotopic (exact) mass is 287 g/mol. The predicted molar refractivity (Wildman–Crippen MR) is 84.1 cm³/mol. The molecule has 21 heavy (non-hydrogen) atoms. The summed E-state index contributed by atoms with van der Waals surface area (Å²) in [4.78, 5) is 0. The minimum absolute atomic E-state index is 0.0564. The van der Waals surface area contributed by atoms with Crippen molar-refractivity contribution in [2.75, 3.05) is 7.11 Å². The Labute approximate surface area is 126 Å². The summed E-state index contributed by atoms with van der Waals surface area (Å²) in [5, 5.41) is 3.49. The van der Waals surface area contributed by atoms with Crippen LogP contribution in [0.4, 0.5) is 4.39 Å². The molecule has 0 aromatic heterocycles. The van der Waals surface area contributed by atoms with Gasteiger partial charge in [-0.3, -0.25) is 0 Å². The molecule has 2 aromatic rings. The minimum atomic E-state index is -0.207. The number of hydrogen-bond acceptors (Lipinski definition) is 2. The van der Waals surface area contributed by atoms with Crippen LogP contribution in [0.25, 0.3) is 0 Å². The first-order valence-corrected chi connectivity index (χ1v) is 7.17. The zero-order valence-electron chi connectivity index (χ0n) is 13.0. The first kappa shape index (κ1) is 15.5. The van der Waals surface area contributed by atoms with Crippen LogP contribution in [0.2, 0.25) is 0 Å². The van der Waals surface area contributed by atoms with Crippen molar-refractivity contribution < 1.29 is 9.13 Å². The molecule has 0 radical (unpaired) electrons. The number of hydrogen-bond donors (Lipinski definition) is 1. The van der Waals surface area contributed by atoms with Crippen LogP contribution in [0.1, 0.15) is 42.6 Å². The van der Waals surface area contributed by atoms with Gasteiger partial charge in [-0.1, -0.05) is 29.8 Å². The lowest BCUT2D eigenvalue weighted by Gasteiger charge is -2.22. The Bertz CT molecular complexity index is 612. The third-order valence-electron chi connectivity index (χ3n) is 3.70. The molecule has 0 heterocycles. The van der Waals surface area contributed by atoms with Crippen molar-refractivity contribution in [3.63, 3.8) is 0 Å². The number of nitrogens with one attached hydrogen (secondary N) is 1. The van der Waals surface area contributed by atoms with Gasteiger partial charge in [-0.15, -0.1) is 0 Å². The molecule has 0 spiro atoms. The average Bonchev–Trinajstić information content (AvgIpc) is 2.47. The van der Waals surface area contributed by atoms with E-state index in [0.29, 0.717) is 0 Å².